The zero-order chi connectivity index (χ0) is 18.8. The van der Waals surface area contributed by atoms with Gasteiger partial charge in [0.25, 0.3) is 0 Å². The van der Waals surface area contributed by atoms with Gasteiger partial charge in [0.1, 0.15) is 5.82 Å². The van der Waals surface area contributed by atoms with Crippen LogP contribution >= 0.6 is 23.2 Å². The van der Waals surface area contributed by atoms with Crippen LogP contribution in [-0.2, 0) is 4.79 Å². The largest absolute Gasteiger partial charge is 0.338 e. The molecular formula is C20H18Cl2N4O. The van der Waals surface area contributed by atoms with Crippen molar-refractivity contribution in [2.75, 3.05) is 13.1 Å². The molecule has 0 saturated carbocycles. The van der Waals surface area contributed by atoms with Crippen molar-refractivity contribution in [3.05, 3.63) is 70.1 Å². The monoisotopic (exact) mass is 400 g/mol. The van der Waals surface area contributed by atoms with Gasteiger partial charge in [0.2, 0.25) is 5.91 Å². The van der Waals surface area contributed by atoms with Gasteiger partial charge in [-0.05, 0) is 48.7 Å². The highest BCUT2D eigenvalue weighted by atomic mass is 35.5. The van der Waals surface area contributed by atoms with Gasteiger partial charge in [0.15, 0.2) is 5.65 Å². The Kier molecular flexibility index (Phi) is 5.14. The van der Waals surface area contributed by atoms with Crippen LogP contribution in [0.3, 0.4) is 0 Å². The Labute approximate surface area is 167 Å². The number of hydrogen-bond donors (Lipinski definition) is 0. The first-order valence-corrected chi connectivity index (χ1v) is 9.59. The summed E-state index contributed by atoms with van der Waals surface area (Å²) in [5.41, 5.74) is 1.60. The minimum Gasteiger partial charge on any atom is -0.338 e. The summed E-state index contributed by atoms with van der Waals surface area (Å²) >= 11 is 12.1. The Morgan fingerprint density at radius 3 is 2.93 bits per heavy atom. The van der Waals surface area contributed by atoms with Crippen LogP contribution in [0.25, 0.3) is 11.7 Å². The number of halogens is 2. The van der Waals surface area contributed by atoms with E-state index in [9.17, 15) is 4.79 Å². The normalized spacial score (nSPS) is 17.7. The molecule has 1 aromatic carbocycles. The van der Waals surface area contributed by atoms with Gasteiger partial charge in [0.05, 0.1) is 0 Å². The minimum absolute atomic E-state index is 0.0282. The molecule has 1 amide bonds. The van der Waals surface area contributed by atoms with E-state index in [0.717, 1.165) is 36.4 Å². The summed E-state index contributed by atoms with van der Waals surface area (Å²) in [5.74, 6) is 1.06. The molecule has 2 aromatic heterocycles. The first-order valence-electron chi connectivity index (χ1n) is 8.83. The fourth-order valence-electron chi connectivity index (χ4n) is 3.43. The third-order valence-electron chi connectivity index (χ3n) is 4.81. The van der Waals surface area contributed by atoms with E-state index < -0.39 is 0 Å². The number of carbonyl (C=O) groups is 1. The average Bonchev–Trinajstić information content (AvgIpc) is 3.11. The van der Waals surface area contributed by atoms with E-state index in [1.807, 2.05) is 33.7 Å². The van der Waals surface area contributed by atoms with Crippen molar-refractivity contribution in [2.45, 2.75) is 18.8 Å². The van der Waals surface area contributed by atoms with E-state index in [1.165, 1.54) is 0 Å². The van der Waals surface area contributed by atoms with E-state index in [2.05, 4.69) is 10.2 Å². The highest BCUT2D eigenvalue weighted by Gasteiger charge is 2.27. The molecule has 0 unspecified atom stereocenters. The average molecular weight is 401 g/mol. The second kappa shape index (κ2) is 7.71. The third kappa shape index (κ3) is 3.84. The van der Waals surface area contributed by atoms with Crippen molar-refractivity contribution >= 4 is 40.8 Å². The standard InChI is InChI=1S/C20H18Cl2N4O/c21-16-8-6-14(17(22)12-16)7-9-19(27)25-10-3-4-15(13-25)20-24-23-18-5-1-2-11-26(18)20/h1-2,5-9,11-12,15H,3-4,10,13H2/b9-7+/t15-/m1/s1. The van der Waals surface area contributed by atoms with Crippen molar-refractivity contribution in [3.8, 4) is 0 Å². The van der Waals surface area contributed by atoms with Crippen LogP contribution in [0.1, 0.15) is 30.1 Å². The molecule has 3 heterocycles. The number of likely N-dealkylation sites (tertiary alicyclic amines) is 1. The quantitative estimate of drug-likeness (QED) is 0.609. The molecule has 0 aliphatic carbocycles. The highest BCUT2D eigenvalue weighted by molar-refractivity contribution is 6.35. The molecule has 7 heteroatoms. The molecule has 0 bridgehead atoms. The molecule has 0 radical (unpaired) electrons. The van der Waals surface area contributed by atoms with E-state index in [4.69, 9.17) is 23.2 Å². The molecule has 1 fully saturated rings. The lowest BCUT2D eigenvalue weighted by molar-refractivity contribution is -0.127. The number of fused-ring (bicyclic) bond motifs is 1. The molecule has 3 aromatic rings. The fraction of sp³-hybridized carbons (Fsp3) is 0.250. The lowest BCUT2D eigenvalue weighted by atomic mass is 9.97. The fourth-order valence-corrected chi connectivity index (χ4v) is 3.90. The van der Waals surface area contributed by atoms with Crippen molar-refractivity contribution < 1.29 is 4.79 Å². The molecular weight excluding hydrogens is 383 g/mol. The van der Waals surface area contributed by atoms with Crippen molar-refractivity contribution in [1.82, 2.24) is 19.5 Å². The summed E-state index contributed by atoms with van der Waals surface area (Å²) < 4.78 is 2.00. The minimum atomic E-state index is -0.0282. The second-order valence-corrected chi connectivity index (χ2v) is 7.45. The summed E-state index contributed by atoms with van der Waals surface area (Å²) in [6, 6.07) is 11.1. The summed E-state index contributed by atoms with van der Waals surface area (Å²) in [7, 11) is 0. The van der Waals surface area contributed by atoms with Gasteiger partial charge in [-0.15, -0.1) is 10.2 Å². The number of hydrogen-bond acceptors (Lipinski definition) is 3. The van der Waals surface area contributed by atoms with E-state index in [1.54, 1.807) is 30.4 Å². The van der Waals surface area contributed by atoms with E-state index in [0.29, 0.717) is 16.6 Å². The van der Waals surface area contributed by atoms with Crippen LogP contribution < -0.4 is 0 Å². The van der Waals surface area contributed by atoms with Gasteiger partial charge >= 0.3 is 0 Å². The molecule has 4 rings (SSSR count). The topological polar surface area (TPSA) is 50.5 Å². The number of rotatable bonds is 3. The van der Waals surface area contributed by atoms with Crippen molar-refractivity contribution in [2.24, 2.45) is 0 Å². The number of pyridine rings is 1. The Morgan fingerprint density at radius 1 is 1.19 bits per heavy atom. The molecule has 1 saturated heterocycles. The number of carbonyl (C=O) groups excluding carboxylic acids is 1. The first-order chi connectivity index (χ1) is 13.1. The predicted octanol–water partition coefficient (Wildman–Crippen LogP) is 4.46. The third-order valence-corrected chi connectivity index (χ3v) is 5.37. The molecule has 1 aliphatic heterocycles. The van der Waals surface area contributed by atoms with Crippen LogP contribution in [0.5, 0.6) is 0 Å². The maximum absolute atomic E-state index is 12.7. The van der Waals surface area contributed by atoms with Gasteiger partial charge in [-0.25, -0.2) is 0 Å². The lowest BCUT2D eigenvalue weighted by Crippen LogP contribution is -2.38. The summed E-state index contributed by atoms with van der Waals surface area (Å²) in [5, 5.41) is 9.68. The smallest absolute Gasteiger partial charge is 0.246 e. The molecule has 1 atom stereocenters. The van der Waals surface area contributed by atoms with Gasteiger partial charge in [0, 0.05) is 41.3 Å². The van der Waals surface area contributed by atoms with Gasteiger partial charge in [-0.2, -0.15) is 0 Å². The predicted molar refractivity (Wildman–Crippen MR) is 107 cm³/mol. The Hall–Kier alpha value is -2.37. The van der Waals surface area contributed by atoms with Crippen molar-refractivity contribution in [3.63, 3.8) is 0 Å². The van der Waals surface area contributed by atoms with Crippen LogP contribution in [-0.4, -0.2) is 38.5 Å². The summed E-state index contributed by atoms with van der Waals surface area (Å²) in [4.78, 5) is 14.5. The van der Waals surface area contributed by atoms with E-state index >= 15 is 0 Å². The molecule has 5 nitrogen and oxygen atoms in total. The SMILES string of the molecule is O=C(/C=C/c1ccc(Cl)cc1Cl)N1CCC[C@@H](c2nnc3ccccn23)C1. The zero-order valence-corrected chi connectivity index (χ0v) is 16.1. The Bertz CT molecular complexity index is 1010. The van der Waals surface area contributed by atoms with Crippen LogP contribution in [0.2, 0.25) is 10.0 Å². The Morgan fingerprint density at radius 2 is 2.07 bits per heavy atom. The Balaban J connectivity index is 1.49. The maximum atomic E-state index is 12.7. The molecule has 27 heavy (non-hydrogen) atoms. The zero-order valence-electron chi connectivity index (χ0n) is 14.6. The molecule has 138 valence electrons. The number of piperidine rings is 1. The lowest BCUT2D eigenvalue weighted by Gasteiger charge is -2.31. The number of amides is 1. The maximum Gasteiger partial charge on any atom is 0.246 e. The van der Waals surface area contributed by atoms with E-state index in [-0.39, 0.29) is 11.8 Å². The van der Waals surface area contributed by atoms with Crippen LogP contribution in [0, 0.1) is 0 Å². The van der Waals surface area contributed by atoms with Crippen molar-refractivity contribution in [1.29, 1.82) is 0 Å². The number of aromatic nitrogens is 3. The van der Waals surface area contributed by atoms with Crippen LogP contribution in [0.15, 0.2) is 48.7 Å². The molecule has 0 spiro atoms. The van der Waals surface area contributed by atoms with Gasteiger partial charge < -0.3 is 4.90 Å². The van der Waals surface area contributed by atoms with Gasteiger partial charge in [-0.1, -0.05) is 35.3 Å². The van der Waals surface area contributed by atoms with Gasteiger partial charge in [-0.3, -0.25) is 9.20 Å². The second-order valence-electron chi connectivity index (χ2n) is 6.61. The highest BCUT2D eigenvalue weighted by Crippen LogP contribution is 2.27. The first kappa shape index (κ1) is 18.0. The molecule has 1 aliphatic rings. The number of benzene rings is 1. The summed E-state index contributed by atoms with van der Waals surface area (Å²) in [6.07, 6.45) is 7.20. The summed E-state index contributed by atoms with van der Waals surface area (Å²) in [6.45, 7) is 1.37. The molecule has 0 N–H and O–H groups in total. The van der Waals surface area contributed by atoms with Crippen LogP contribution in [0.4, 0.5) is 0 Å². The number of nitrogens with zero attached hydrogens (tertiary/aromatic N) is 4.